The Bertz CT molecular complexity index is 562. The number of aryl methyl sites for hydroxylation is 2. The average Bonchev–Trinajstić information content (AvgIpc) is 2.68. The lowest BCUT2D eigenvalue weighted by atomic mass is 10.0. The summed E-state index contributed by atoms with van der Waals surface area (Å²) in [6.45, 7) is 8.51. The molecule has 3 heteroatoms. The third kappa shape index (κ3) is 3.43. The molecule has 19 heavy (non-hydrogen) atoms. The Morgan fingerprint density at radius 2 is 1.84 bits per heavy atom. The maximum absolute atomic E-state index is 13.2. The van der Waals surface area contributed by atoms with Crippen molar-refractivity contribution in [3.05, 3.63) is 57.0 Å². The summed E-state index contributed by atoms with van der Waals surface area (Å²) in [7, 11) is 0. The van der Waals surface area contributed by atoms with Crippen molar-refractivity contribution in [2.75, 3.05) is 0 Å². The first-order chi connectivity index (χ1) is 8.97. The fourth-order valence-corrected chi connectivity index (χ4v) is 3.44. The van der Waals surface area contributed by atoms with Crippen LogP contribution in [-0.4, -0.2) is 0 Å². The molecule has 2 atom stereocenters. The lowest BCUT2D eigenvalue weighted by molar-refractivity contribution is 0.491. The minimum atomic E-state index is -0.179. The topological polar surface area (TPSA) is 12.0 Å². The van der Waals surface area contributed by atoms with Gasteiger partial charge in [-0.05, 0) is 57.0 Å². The second-order valence-corrected chi connectivity index (χ2v) is 6.49. The molecule has 0 bridgehead atoms. The van der Waals surface area contributed by atoms with Crippen LogP contribution in [0, 0.1) is 19.7 Å². The van der Waals surface area contributed by atoms with E-state index in [0.29, 0.717) is 0 Å². The van der Waals surface area contributed by atoms with Gasteiger partial charge in [0.25, 0.3) is 0 Å². The van der Waals surface area contributed by atoms with Crippen LogP contribution in [0.2, 0.25) is 0 Å². The van der Waals surface area contributed by atoms with Crippen LogP contribution in [0.5, 0.6) is 0 Å². The quantitative estimate of drug-likeness (QED) is 0.836. The zero-order chi connectivity index (χ0) is 14.0. The van der Waals surface area contributed by atoms with E-state index in [0.717, 1.165) is 5.56 Å². The molecule has 1 unspecified atom stereocenters. The smallest absolute Gasteiger partial charge is 0.123 e. The summed E-state index contributed by atoms with van der Waals surface area (Å²) in [5.74, 6) is -0.179. The Kier molecular flexibility index (Phi) is 4.38. The molecule has 0 aliphatic carbocycles. The molecule has 1 aromatic heterocycles. The molecule has 0 saturated carbocycles. The largest absolute Gasteiger partial charge is 0.304 e. The third-order valence-corrected chi connectivity index (χ3v) is 4.38. The normalized spacial score (nSPS) is 14.4. The van der Waals surface area contributed by atoms with E-state index in [1.807, 2.05) is 17.4 Å². The molecule has 1 heterocycles. The second kappa shape index (κ2) is 5.85. The van der Waals surface area contributed by atoms with E-state index >= 15 is 0 Å². The minimum absolute atomic E-state index is 0.130. The highest BCUT2D eigenvalue weighted by atomic mass is 32.1. The van der Waals surface area contributed by atoms with E-state index in [2.05, 4.69) is 39.1 Å². The van der Waals surface area contributed by atoms with Crippen LogP contribution in [0.25, 0.3) is 0 Å². The van der Waals surface area contributed by atoms with Gasteiger partial charge in [0.05, 0.1) is 0 Å². The summed E-state index contributed by atoms with van der Waals surface area (Å²) < 4.78 is 13.2. The number of rotatable bonds is 4. The summed E-state index contributed by atoms with van der Waals surface area (Å²) in [6.07, 6.45) is 0. The van der Waals surface area contributed by atoms with Crippen LogP contribution in [0.1, 0.15) is 46.8 Å². The standard InChI is InChI=1S/C16H20FNS/c1-10-8-16(13(4)19-10)12(3)18-11(2)14-6-5-7-15(17)9-14/h5-9,11-12,18H,1-4H3/t11-,12?/m0/s1. The third-order valence-electron chi connectivity index (χ3n) is 3.39. The van der Waals surface area contributed by atoms with Gasteiger partial charge in [-0.15, -0.1) is 11.3 Å². The Morgan fingerprint density at radius 3 is 2.42 bits per heavy atom. The average molecular weight is 277 g/mol. The van der Waals surface area contributed by atoms with Crippen molar-refractivity contribution in [1.82, 2.24) is 5.32 Å². The number of hydrogen-bond acceptors (Lipinski definition) is 2. The summed E-state index contributed by atoms with van der Waals surface area (Å²) in [4.78, 5) is 2.68. The highest BCUT2D eigenvalue weighted by Gasteiger charge is 2.14. The fraction of sp³-hybridized carbons (Fsp3) is 0.375. The number of halogens is 1. The van der Waals surface area contributed by atoms with E-state index in [4.69, 9.17) is 0 Å². The van der Waals surface area contributed by atoms with Gasteiger partial charge in [0, 0.05) is 21.8 Å². The predicted octanol–water partition coefficient (Wildman–Crippen LogP) is 4.92. The van der Waals surface area contributed by atoms with E-state index < -0.39 is 0 Å². The first-order valence-electron chi connectivity index (χ1n) is 6.56. The van der Waals surface area contributed by atoms with E-state index in [9.17, 15) is 4.39 Å². The van der Waals surface area contributed by atoms with Gasteiger partial charge in [-0.1, -0.05) is 12.1 Å². The van der Waals surface area contributed by atoms with Crippen molar-refractivity contribution in [1.29, 1.82) is 0 Å². The lowest BCUT2D eigenvalue weighted by Crippen LogP contribution is -2.22. The van der Waals surface area contributed by atoms with Gasteiger partial charge in [-0.3, -0.25) is 0 Å². The molecule has 102 valence electrons. The summed E-state index contributed by atoms with van der Waals surface area (Å²) in [5.41, 5.74) is 2.32. The molecular formula is C16H20FNS. The molecule has 0 saturated heterocycles. The van der Waals surface area contributed by atoms with Crippen molar-refractivity contribution in [2.45, 2.75) is 39.8 Å². The van der Waals surface area contributed by atoms with Gasteiger partial charge in [-0.25, -0.2) is 4.39 Å². The zero-order valence-corrected chi connectivity index (χ0v) is 12.6. The van der Waals surface area contributed by atoms with Crippen LogP contribution in [0.3, 0.4) is 0 Å². The van der Waals surface area contributed by atoms with Crippen molar-refractivity contribution >= 4 is 11.3 Å². The Balaban J connectivity index is 2.10. The summed E-state index contributed by atoms with van der Waals surface area (Å²) >= 11 is 1.82. The molecule has 1 N–H and O–H groups in total. The Morgan fingerprint density at radius 1 is 1.11 bits per heavy atom. The maximum atomic E-state index is 13.2. The second-order valence-electron chi connectivity index (χ2n) is 5.03. The van der Waals surface area contributed by atoms with Gasteiger partial charge in [0.15, 0.2) is 0 Å². The van der Waals surface area contributed by atoms with Crippen LogP contribution >= 0.6 is 11.3 Å². The monoisotopic (exact) mass is 277 g/mol. The van der Waals surface area contributed by atoms with Crippen molar-refractivity contribution in [2.24, 2.45) is 0 Å². The molecular weight excluding hydrogens is 257 g/mol. The highest BCUT2D eigenvalue weighted by Crippen LogP contribution is 2.28. The molecule has 0 spiro atoms. The molecule has 0 amide bonds. The maximum Gasteiger partial charge on any atom is 0.123 e. The first-order valence-corrected chi connectivity index (χ1v) is 7.37. The van der Waals surface area contributed by atoms with Gasteiger partial charge < -0.3 is 5.32 Å². The minimum Gasteiger partial charge on any atom is -0.304 e. The molecule has 2 aromatic rings. The first kappa shape index (κ1) is 14.2. The van der Waals surface area contributed by atoms with Gasteiger partial charge >= 0.3 is 0 Å². The molecule has 0 aliphatic rings. The van der Waals surface area contributed by atoms with E-state index in [1.54, 1.807) is 12.1 Å². The van der Waals surface area contributed by atoms with E-state index in [-0.39, 0.29) is 17.9 Å². The lowest BCUT2D eigenvalue weighted by Gasteiger charge is -2.20. The zero-order valence-electron chi connectivity index (χ0n) is 11.8. The summed E-state index contributed by atoms with van der Waals surface area (Å²) in [5, 5.41) is 3.53. The number of nitrogens with one attached hydrogen (secondary N) is 1. The SMILES string of the molecule is Cc1cc(C(C)N[C@@H](C)c2cccc(F)c2)c(C)s1. The Labute approximate surface area is 118 Å². The van der Waals surface area contributed by atoms with Crippen LogP contribution in [0.4, 0.5) is 4.39 Å². The molecule has 0 fully saturated rings. The fourth-order valence-electron chi connectivity index (χ4n) is 2.42. The van der Waals surface area contributed by atoms with E-state index in [1.165, 1.54) is 21.4 Å². The Hall–Kier alpha value is -1.19. The van der Waals surface area contributed by atoms with Gasteiger partial charge in [-0.2, -0.15) is 0 Å². The number of benzene rings is 1. The summed E-state index contributed by atoms with van der Waals surface area (Å²) in [6, 6.07) is 9.42. The number of hydrogen-bond donors (Lipinski definition) is 1. The molecule has 1 nitrogen and oxygen atoms in total. The van der Waals surface area contributed by atoms with Gasteiger partial charge in [0.1, 0.15) is 5.82 Å². The van der Waals surface area contributed by atoms with Crippen LogP contribution in [0.15, 0.2) is 30.3 Å². The van der Waals surface area contributed by atoms with Crippen molar-refractivity contribution in [3.8, 4) is 0 Å². The molecule has 0 aliphatic heterocycles. The van der Waals surface area contributed by atoms with Crippen molar-refractivity contribution < 1.29 is 4.39 Å². The van der Waals surface area contributed by atoms with Crippen molar-refractivity contribution in [3.63, 3.8) is 0 Å². The predicted molar refractivity (Wildman–Crippen MR) is 80.2 cm³/mol. The molecule has 2 rings (SSSR count). The highest BCUT2D eigenvalue weighted by molar-refractivity contribution is 7.12. The number of thiophene rings is 1. The van der Waals surface area contributed by atoms with Crippen LogP contribution < -0.4 is 5.32 Å². The molecule has 1 aromatic carbocycles. The van der Waals surface area contributed by atoms with Crippen LogP contribution in [-0.2, 0) is 0 Å². The molecule has 0 radical (unpaired) electrons. The van der Waals surface area contributed by atoms with Gasteiger partial charge in [0.2, 0.25) is 0 Å².